The zero-order valence-electron chi connectivity index (χ0n) is 9.49. The molecule has 1 aromatic rings. The fourth-order valence-electron chi connectivity index (χ4n) is 1.94. The van der Waals surface area contributed by atoms with Gasteiger partial charge in [0.25, 0.3) is 0 Å². The first-order chi connectivity index (χ1) is 7.61. The highest BCUT2D eigenvalue weighted by Crippen LogP contribution is 2.32. The van der Waals surface area contributed by atoms with Gasteiger partial charge in [-0.15, -0.1) is 11.8 Å². The minimum atomic E-state index is -0.820. The highest BCUT2D eigenvalue weighted by atomic mass is 32.2. The van der Waals surface area contributed by atoms with Gasteiger partial charge in [-0.25, -0.2) is 4.79 Å². The van der Waals surface area contributed by atoms with Crippen molar-refractivity contribution < 1.29 is 9.90 Å². The minimum absolute atomic E-state index is 0.457. The van der Waals surface area contributed by atoms with Crippen LogP contribution in [0.15, 0.2) is 17.0 Å². The summed E-state index contributed by atoms with van der Waals surface area (Å²) in [5.41, 5.74) is 2.64. The molecule has 1 aliphatic heterocycles. The molecule has 0 aliphatic carbocycles. The van der Waals surface area contributed by atoms with Crippen LogP contribution in [0.5, 0.6) is 0 Å². The summed E-state index contributed by atoms with van der Waals surface area (Å²) >= 11 is 1.71. The number of hydrogen-bond donors (Lipinski definition) is 1. The van der Waals surface area contributed by atoms with Crippen LogP contribution in [0.2, 0.25) is 0 Å². The van der Waals surface area contributed by atoms with Crippen LogP contribution in [0, 0.1) is 0 Å². The number of rotatable bonds is 2. The van der Waals surface area contributed by atoms with Gasteiger partial charge in [-0.1, -0.05) is 13.0 Å². The summed E-state index contributed by atoms with van der Waals surface area (Å²) in [5.74, 6) is 0.108. The largest absolute Gasteiger partial charge is 0.478 e. The van der Waals surface area contributed by atoms with Crippen LogP contribution >= 0.6 is 11.8 Å². The molecule has 0 spiro atoms. The average Bonchev–Trinajstić information content (AvgIpc) is 2.26. The van der Waals surface area contributed by atoms with E-state index < -0.39 is 5.97 Å². The van der Waals surface area contributed by atoms with Crippen molar-refractivity contribution in [2.24, 2.45) is 0 Å². The molecule has 1 aromatic carbocycles. The van der Waals surface area contributed by atoms with E-state index >= 15 is 0 Å². The first kappa shape index (κ1) is 11.5. The maximum atomic E-state index is 11.1. The smallest absolute Gasteiger partial charge is 0.336 e. The third kappa shape index (κ3) is 2.08. The summed E-state index contributed by atoms with van der Waals surface area (Å²) in [6.07, 6.45) is 0.767. The van der Waals surface area contributed by atoms with Crippen molar-refractivity contribution in [3.05, 3.63) is 28.8 Å². The fraction of sp³-hybridized carbons (Fsp3) is 0.417. The van der Waals surface area contributed by atoms with E-state index in [9.17, 15) is 4.79 Å². The number of nitrogens with zero attached hydrogens (tertiary/aromatic N) is 1. The van der Waals surface area contributed by atoms with E-state index in [0.717, 1.165) is 29.3 Å². The van der Waals surface area contributed by atoms with Crippen molar-refractivity contribution in [2.45, 2.75) is 24.8 Å². The zero-order valence-corrected chi connectivity index (χ0v) is 10.3. The predicted molar refractivity (Wildman–Crippen MR) is 65.0 cm³/mol. The maximum absolute atomic E-state index is 11.1. The van der Waals surface area contributed by atoms with E-state index in [1.165, 1.54) is 5.56 Å². The van der Waals surface area contributed by atoms with E-state index in [0.29, 0.717) is 5.56 Å². The SMILES string of the molecule is CCc1cc2c(cc1C(=O)O)SCN(C)C2. The van der Waals surface area contributed by atoms with Crippen LogP contribution in [0.1, 0.15) is 28.4 Å². The number of carboxylic acids is 1. The number of aryl methyl sites for hydroxylation is 1. The Morgan fingerprint density at radius 1 is 1.56 bits per heavy atom. The van der Waals surface area contributed by atoms with Gasteiger partial charge in [-0.2, -0.15) is 0 Å². The van der Waals surface area contributed by atoms with Crippen molar-refractivity contribution in [2.75, 3.05) is 12.9 Å². The Morgan fingerprint density at radius 2 is 2.31 bits per heavy atom. The summed E-state index contributed by atoms with van der Waals surface area (Å²) < 4.78 is 0. The normalized spacial score (nSPS) is 15.9. The molecule has 3 nitrogen and oxygen atoms in total. The quantitative estimate of drug-likeness (QED) is 0.857. The Labute approximate surface area is 99.5 Å². The molecule has 0 atom stereocenters. The monoisotopic (exact) mass is 237 g/mol. The highest BCUT2D eigenvalue weighted by molar-refractivity contribution is 7.99. The average molecular weight is 237 g/mol. The van der Waals surface area contributed by atoms with Gasteiger partial charge in [-0.3, -0.25) is 4.90 Å². The van der Waals surface area contributed by atoms with E-state index in [2.05, 4.69) is 11.9 Å². The second-order valence-corrected chi connectivity index (χ2v) is 5.05. The topological polar surface area (TPSA) is 40.5 Å². The van der Waals surface area contributed by atoms with Crippen LogP contribution in [-0.2, 0) is 13.0 Å². The summed E-state index contributed by atoms with van der Waals surface area (Å²) in [6, 6.07) is 3.87. The van der Waals surface area contributed by atoms with E-state index in [4.69, 9.17) is 5.11 Å². The van der Waals surface area contributed by atoms with Gasteiger partial charge < -0.3 is 5.11 Å². The van der Waals surface area contributed by atoms with Gasteiger partial charge in [0.15, 0.2) is 0 Å². The summed E-state index contributed by atoms with van der Waals surface area (Å²) in [5, 5.41) is 9.13. The lowest BCUT2D eigenvalue weighted by Gasteiger charge is -2.25. The number of benzene rings is 1. The molecule has 2 rings (SSSR count). The van der Waals surface area contributed by atoms with Gasteiger partial charge >= 0.3 is 5.97 Å². The van der Waals surface area contributed by atoms with Gasteiger partial charge in [0.1, 0.15) is 0 Å². The van der Waals surface area contributed by atoms with E-state index in [1.807, 2.05) is 19.1 Å². The van der Waals surface area contributed by atoms with Gasteiger partial charge in [0, 0.05) is 17.3 Å². The lowest BCUT2D eigenvalue weighted by atomic mass is 10.0. The van der Waals surface area contributed by atoms with Gasteiger partial charge in [0.05, 0.1) is 5.56 Å². The number of carbonyl (C=O) groups is 1. The van der Waals surface area contributed by atoms with Crippen molar-refractivity contribution >= 4 is 17.7 Å². The number of aromatic carboxylic acids is 1. The van der Waals surface area contributed by atoms with Crippen LogP contribution in [0.4, 0.5) is 0 Å². The van der Waals surface area contributed by atoms with Crippen LogP contribution < -0.4 is 0 Å². The molecule has 0 bridgehead atoms. The Kier molecular flexibility index (Phi) is 3.21. The fourth-order valence-corrected chi connectivity index (χ4v) is 2.90. The first-order valence-electron chi connectivity index (χ1n) is 5.32. The molecular formula is C12H15NO2S. The van der Waals surface area contributed by atoms with Gasteiger partial charge in [-0.05, 0) is 30.7 Å². The van der Waals surface area contributed by atoms with Crippen molar-refractivity contribution in [1.82, 2.24) is 4.90 Å². The van der Waals surface area contributed by atoms with Crippen molar-refractivity contribution in [3.63, 3.8) is 0 Å². The number of hydrogen-bond acceptors (Lipinski definition) is 3. The van der Waals surface area contributed by atoms with Crippen molar-refractivity contribution in [1.29, 1.82) is 0 Å². The molecular weight excluding hydrogens is 222 g/mol. The molecule has 86 valence electrons. The number of thioether (sulfide) groups is 1. The molecule has 0 amide bonds. The standard InChI is InChI=1S/C12H15NO2S/c1-3-8-4-9-6-13(2)7-16-11(9)5-10(8)12(14)15/h4-5H,3,6-7H2,1-2H3,(H,14,15). The zero-order chi connectivity index (χ0) is 11.7. The summed E-state index contributed by atoms with van der Waals surface area (Å²) in [6.45, 7) is 2.91. The van der Waals surface area contributed by atoms with Crippen molar-refractivity contribution in [3.8, 4) is 0 Å². The van der Waals surface area contributed by atoms with E-state index in [-0.39, 0.29) is 0 Å². The molecule has 4 heteroatoms. The second-order valence-electron chi connectivity index (χ2n) is 4.06. The van der Waals surface area contributed by atoms with Crippen LogP contribution in [0.3, 0.4) is 0 Å². The third-order valence-corrected chi connectivity index (χ3v) is 4.04. The first-order valence-corrected chi connectivity index (χ1v) is 6.30. The lowest BCUT2D eigenvalue weighted by Crippen LogP contribution is -2.22. The lowest BCUT2D eigenvalue weighted by molar-refractivity contribution is 0.0695. The molecule has 0 fully saturated rings. The molecule has 1 aliphatic rings. The predicted octanol–water partition coefficient (Wildman–Crippen LogP) is 2.44. The molecule has 0 saturated heterocycles. The van der Waals surface area contributed by atoms with E-state index in [1.54, 1.807) is 11.8 Å². The molecule has 0 saturated carbocycles. The number of carboxylic acid groups (broad SMARTS) is 1. The Bertz CT molecular complexity index is 431. The molecule has 0 aromatic heterocycles. The maximum Gasteiger partial charge on any atom is 0.336 e. The summed E-state index contributed by atoms with van der Waals surface area (Å²) in [7, 11) is 2.08. The molecule has 1 N–H and O–H groups in total. The third-order valence-electron chi connectivity index (χ3n) is 2.78. The summed E-state index contributed by atoms with van der Waals surface area (Å²) in [4.78, 5) is 14.5. The molecule has 1 heterocycles. The molecule has 0 radical (unpaired) electrons. The highest BCUT2D eigenvalue weighted by Gasteiger charge is 2.18. The molecule has 16 heavy (non-hydrogen) atoms. The number of fused-ring (bicyclic) bond motifs is 1. The van der Waals surface area contributed by atoms with Crippen LogP contribution in [0.25, 0.3) is 0 Å². The Hall–Kier alpha value is -1.00. The Balaban J connectivity index is 2.48. The second kappa shape index (κ2) is 4.47. The minimum Gasteiger partial charge on any atom is -0.478 e. The van der Waals surface area contributed by atoms with Crippen LogP contribution in [-0.4, -0.2) is 28.9 Å². The molecule has 0 unspecified atom stereocenters. The van der Waals surface area contributed by atoms with Gasteiger partial charge in [0.2, 0.25) is 0 Å². The Morgan fingerprint density at radius 3 is 2.94 bits per heavy atom.